The minimum atomic E-state index is -4.53. The largest absolute Gasteiger partial charge is 0.433 e. The lowest BCUT2D eigenvalue weighted by Gasteiger charge is -2.14. The van der Waals surface area contributed by atoms with Gasteiger partial charge in [-0.15, -0.1) is 0 Å². The van der Waals surface area contributed by atoms with Crippen LogP contribution >= 0.6 is 12.2 Å². The van der Waals surface area contributed by atoms with Crippen LogP contribution in [0.25, 0.3) is 0 Å². The number of aryl methyl sites for hydroxylation is 1. The summed E-state index contributed by atoms with van der Waals surface area (Å²) in [5.74, 6) is -0.00775. The van der Waals surface area contributed by atoms with Crippen LogP contribution in [0.2, 0.25) is 0 Å². The number of nitrogens with zero attached hydrogens (tertiary/aromatic N) is 1. The number of halogens is 3. The van der Waals surface area contributed by atoms with Gasteiger partial charge in [-0.2, -0.15) is 13.2 Å². The van der Waals surface area contributed by atoms with Crippen molar-refractivity contribution in [3.8, 4) is 0 Å². The lowest BCUT2D eigenvalue weighted by molar-refractivity contribution is -0.141. The van der Waals surface area contributed by atoms with Gasteiger partial charge in [0.2, 0.25) is 0 Å². The maximum absolute atomic E-state index is 12.8. The zero-order valence-electron chi connectivity index (χ0n) is 11.0. The van der Waals surface area contributed by atoms with Crippen LogP contribution in [0, 0.1) is 6.92 Å². The quantitative estimate of drug-likeness (QED) is 0.847. The van der Waals surface area contributed by atoms with Crippen molar-refractivity contribution >= 4 is 28.7 Å². The van der Waals surface area contributed by atoms with Crippen LogP contribution in [0.15, 0.2) is 36.4 Å². The molecule has 3 N–H and O–H groups in total. The SMILES string of the molecule is Cc1ccccc1Nc1nc(C(F)(F)F)ccc1C(N)=S. The Labute approximate surface area is 125 Å². The zero-order valence-corrected chi connectivity index (χ0v) is 11.8. The molecule has 1 aromatic heterocycles. The number of pyridine rings is 1. The van der Waals surface area contributed by atoms with E-state index in [2.05, 4.69) is 10.3 Å². The number of alkyl halides is 3. The highest BCUT2D eigenvalue weighted by Gasteiger charge is 2.33. The number of hydrogen-bond acceptors (Lipinski definition) is 3. The first-order valence-corrected chi connectivity index (χ1v) is 6.40. The smallest absolute Gasteiger partial charge is 0.389 e. The molecule has 0 aliphatic heterocycles. The fraction of sp³-hybridized carbons (Fsp3) is 0.143. The molecule has 0 radical (unpaired) electrons. The summed E-state index contributed by atoms with van der Waals surface area (Å²) in [5.41, 5.74) is 6.31. The lowest BCUT2D eigenvalue weighted by Crippen LogP contribution is -2.16. The van der Waals surface area contributed by atoms with Gasteiger partial charge in [0.25, 0.3) is 0 Å². The molecular weight excluding hydrogens is 299 g/mol. The normalized spacial score (nSPS) is 11.2. The third-order valence-electron chi connectivity index (χ3n) is 2.85. The van der Waals surface area contributed by atoms with E-state index >= 15 is 0 Å². The molecule has 0 fully saturated rings. The summed E-state index contributed by atoms with van der Waals surface area (Å²) in [4.78, 5) is 3.58. The maximum Gasteiger partial charge on any atom is 0.433 e. The number of anilines is 2. The van der Waals surface area contributed by atoms with Crippen molar-refractivity contribution in [1.82, 2.24) is 4.98 Å². The summed E-state index contributed by atoms with van der Waals surface area (Å²) >= 11 is 4.85. The Hall–Kier alpha value is -2.15. The minimum Gasteiger partial charge on any atom is -0.389 e. The number of benzene rings is 1. The van der Waals surface area contributed by atoms with Crippen molar-refractivity contribution < 1.29 is 13.2 Å². The molecule has 7 heteroatoms. The van der Waals surface area contributed by atoms with Gasteiger partial charge in [-0.05, 0) is 30.7 Å². The number of nitrogens with one attached hydrogen (secondary N) is 1. The van der Waals surface area contributed by atoms with E-state index < -0.39 is 11.9 Å². The maximum atomic E-state index is 12.8. The monoisotopic (exact) mass is 311 g/mol. The van der Waals surface area contributed by atoms with Crippen LogP contribution in [0.3, 0.4) is 0 Å². The molecule has 110 valence electrons. The fourth-order valence-electron chi connectivity index (χ4n) is 1.75. The summed E-state index contributed by atoms with van der Waals surface area (Å²) in [6, 6.07) is 9.24. The number of nitrogens with two attached hydrogens (primary N) is 1. The van der Waals surface area contributed by atoms with Gasteiger partial charge < -0.3 is 11.1 Å². The summed E-state index contributed by atoms with van der Waals surface area (Å²) in [5, 5.41) is 2.86. The average molecular weight is 311 g/mol. The summed E-state index contributed by atoms with van der Waals surface area (Å²) in [6.07, 6.45) is -4.53. The van der Waals surface area contributed by atoms with Gasteiger partial charge in [0, 0.05) is 5.69 Å². The van der Waals surface area contributed by atoms with E-state index in [9.17, 15) is 13.2 Å². The Balaban J connectivity index is 2.49. The standard InChI is InChI=1S/C14H12F3N3S/c1-8-4-2-3-5-10(8)19-13-9(12(18)21)6-7-11(20-13)14(15,16)17/h2-7H,1H3,(H2,18,21)(H,19,20). The second kappa shape index (κ2) is 5.69. The second-order valence-corrected chi connectivity index (χ2v) is 4.83. The molecule has 0 saturated carbocycles. The Morgan fingerprint density at radius 3 is 2.43 bits per heavy atom. The molecule has 2 aromatic rings. The molecule has 1 aromatic carbocycles. The molecule has 1 heterocycles. The van der Waals surface area contributed by atoms with Crippen LogP contribution in [0.5, 0.6) is 0 Å². The van der Waals surface area contributed by atoms with E-state index in [4.69, 9.17) is 18.0 Å². The summed E-state index contributed by atoms with van der Waals surface area (Å²) in [6.45, 7) is 1.83. The molecule has 0 aliphatic rings. The van der Waals surface area contributed by atoms with Gasteiger partial charge in [-0.25, -0.2) is 4.98 Å². The number of hydrogen-bond donors (Lipinski definition) is 2. The van der Waals surface area contributed by atoms with Gasteiger partial charge in [0.1, 0.15) is 16.5 Å². The Morgan fingerprint density at radius 2 is 1.86 bits per heavy atom. The Kier molecular flexibility index (Phi) is 4.13. The molecule has 0 amide bonds. The molecule has 3 nitrogen and oxygen atoms in total. The molecular formula is C14H12F3N3S. The molecule has 21 heavy (non-hydrogen) atoms. The Morgan fingerprint density at radius 1 is 1.19 bits per heavy atom. The van der Waals surface area contributed by atoms with Gasteiger partial charge in [0.15, 0.2) is 0 Å². The first-order valence-electron chi connectivity index (χ1n) is 5.99. The molecule has 0 atom stereocenters. The fourth-order valence-corrected chi connectivity index (χ4v) is 1.92. The van der Waals surface area contributed by atoms with Crippen LogP contribution in [-0.4, -0.2) is 9.97 Å². The van der Waals surface area contributed by atoms with Gasteiger partial charge >= 0.3 is 6.18 Å². The van der Waals surface area contributed by atoms with E-state index in [1.54, 1.807) is 12.1 Å². The number of rotatable bonds is 3. The highest BCUT2D eigenvalue weighted by molar-refractivity contribution is 7.80. The number of para-hydroxylation sites is 1. The van der Waals surface area contributed by atoms with Crippen molar-refractivity contribution in [2.24, 2.45) is 5.73 Å². The predicted octanol–water partition coefficient (Wildman–Crippen LogP) is 3.79. The van der Waals surface area contributed by atoms with E-state index in [1.165, 1.54) is 6.07 Å². The van der Waals surface area contributed by atoms with Crippen LogP contribution < -0.4 is 11.1 Å². The summed E-state index contributed by atoms with van der Waals surface area (Å²) in [7, 11) is 0. The first-order chi connectivity index (χ1) is 9.79. The van der Waals surface area contributed by atoms with Gasteiger partial charge in [0.05, 0.1) is 5.56 Å². The van der Waals surface area contributed by atoms with Crippen LogP contribution in [-0.2, 0) is 6.18 Å². The molecule has 0 aliphatic carbocycles. The van der Waals surface area contributed by atoms with Gasteiger partial charge in [-0.1, -0.05) is 30.4 Å². The van der Waals surface area contributed by atoms with Gasteiger partial charge in [-0.3, -0.25) is 0 Å². The van der Waals surface area contributed by atoms with E-state index in [-0.39, 0.29) is 16.4 Å². The highest BCUT2D eigenvalue weighted by atomic mass is 32.1. The molecule has 0 spiro atoms. The summed E-state index contributed by atoms with van der Waals surface area (Å²) < 4.78 is 38.3. The molecule has 2 rings (SSSR count). The average Bonchev–Trinajstić information content (AvgIpc) is 2.40. The third-order valence-corrected chi connectivity index (χ3v) is 3.07. The van der Waals surface area contributed by atoms with Crippen LogP contribution in [0.4, 0.5) is 24.7 Å². The van der Waals surface area contributed by atoms with E-state index in [0.717, 1.165) is 11.6 Å². The highest BCUT2D eigenvalue weighted by Crippen LogP contribution is 2.30. The Bertz CT molecular complexity index is 683. The molecule has 0 saturated heterocycles. The topological polar surface area (TPSA) is 50.9 Å². The third kappa shape index (κ3) is 3.49. The number of aromatic nitrogens is 1. The van der Waals surface area contributed by atoms with Crippen molar-refractivity contribution in [3.05, 3.63) is 53.2 Å². The van der Waals surface area contributed by atoms with Crippen molar-refractivity contribution in [2.75, 3.05) is 5.32 Å². The second-order valence-electron chi connectivity index (χ2n) is 4.39. The lowest BCUT2D eigenvalue weighted by atomic mass is 10.1. The molecule has 0 unspecified atom stereocenters. The first kappa shape index (κ1) is 15.2. The van der Waals surface area contributed by atoms with Crippen molar-refractivity contribution in [2.45, 2.75) is 13.1 Å². The van der Waals surface area contributed by atoms with E-state index in [0.29, 0.717) is 5.69 Å². The van der Waals surface area contributed by atoms with Crippen LogP contribution in [0.1, 0.15) is 16.8 Å². The van der Waals surface area contributed by atoms with E-state index in [1.807, 2.05) is 19.1 Å². The molecule has 0 bridgehead atoms. The predicted molar refractivity (Wildman–Crippen MR) is 79.6 cm³/mol. The van der Waals surface area contributed by atoms with Crippen molar-refractivity contribution in [3.63, 3.8) is 0 Å². The minimum absolute atomic E-state index is 0.00775. The number of thiocarbonyl (C=S) groups is 1. The zero-order chi connectivity index (χ0) is 15.6. The van der Waals surface area contributed by atoms with Crippen molar-refractivity contribution in [1.29, 1.82) is 0 Å².